The van der Waals surface area contributed by atoms with E-state index in [4.69, 9.17) is 10.5 Å². The molecule has 4 N–H and O–H groups in total. The Morgan fingerprint density at radius 1 is 0.968 bits per heavy atom. The van der Waals surface area contributed by atoms with Crippen molar-refractivity contribution in [2.24, 2.45) is 0 Å². The molecule has 1 aromatic heterocycles. The summed E-state index contributed by atoms with van der Waals surface area (Å²) >= 11 is 0. The normalized spacial score (nSPS) is 10.4. The lowest BCUT2D eigenvalue weighted by atomic mass is 10.1. The Morgan fingerprint density at radius 3 is 2.48 bits per heavy atom. The highest BCUT2D eigenvalue weighted by Crippen LogP contribution is 2.18. The van der Waals surface area contributed by atoms with Gasteiger partial charge in [0.25, 0.3) is 5.91 Å². The monoisotopic (exact) mass is 420 g/mol. The highest BCUT2D eigenvalue weighted by atomic mass is 16.5. The quantitative estimate of drug-likeness (QED) is 0.497. The average molecular weight is 420 g/mol. The Kier molecular flexibility index (Phi) is 6.76. The predicted molar refractivity (Wildman–Crippen MR) is 117 cm³/mol. The first-order valence-corrected chi connectivity index (χ1v) is 9.66. The molecule has 0 radical (unpaired) electrons. The van der Waals surface area contributed by atoms with Gasteiger partial charge in [-0.15, -0.1) is 0 Å². The number of aromatic nitrogens is 3. The van der Waals surface area contributed by atoms with E-state index in [0.29, 0.717) is 5.56 Å². The van der Waals surface area contributed by atoms with E-state index in [0.717, 1.165) is 22.4 Å². The Morgan fingerprint density at radius 2 is 1.74 bits per heavy atom. The highest BCUT2D eigenvalue weighted by molar-refractivity contribution is 5.96. The summed E-state index contributed by atoms with van der Waals surface area (Å²) in [4.78, 5) is 36.5. The number of amides is 1. The molecule has 3 rings (SSSR count). The Balaban J connectivity index is 1.55. The van der Waals surface area contributed by atoms with Crippen LogP contribution in [0.1, 0.15) is 32.9 Å². The van der Waals surface area contributed by atoms with Crippen molar-refractivity contribution in [3.05, 3.63) is 70.5 Å². The summed E-state index contributed by atoms with van der Waals surface area (Å²) < 4.78 is 5.15. The number of nitrogens with one attached hydrogen (secondary N) is 2. The third kappa shape index (κ3) is 5.99. The van der Waals surface area contributed by atoms with Crippen molar-refractivity contribution in [1.82, 2.24) is 20.3 Å². The first kappa shape index (κ1) is 21.7. The fourth-order valence-electron chi connectivity index (χ4n) is 2.73. The van der Waals surface area contributed by atoms with Crippen molar-refractivity contribution in [2.45, 2.75) is 27.4 Å². The number of ether oxygens (including phenoxy) is 1. The van der Waals surface area contributed by atoms with Crippen LogP contribution in [0, 0.1) is 20.8 Å². The molecule has 160 valence electrons. The van der Waals surface area contributed by atoms with Gasteiger partial charge in [-0.2, -0.15) is 15.0 Å². The molecule has 0 aliphatic heterocycles. The van der Waals surface area contributed by atoms with Crippen molar-refractivity contribution in [1.29, 1.82) is 0 Å². The van der Waals surface area contributed by atoms with Crippen LogP contribution in [0.25, 0.3) is 0 Å². The third-order valence-corrected chi connectivity index (χ3v) is 4.62. The Hall–Kier alpha value is -4.01. The summed E-state index contributed by atoms with van der Waals surface area (Å²) in [6.07, 6.45) is 0. The van der Waals surface area contributed by atoms with Gasteiger partial charge in [-0.1, -0.05) is 24.3 Å². The second-order valence-corrected chi connectivity index (χ2v) is 7.02. The lowest BCUT2D eigenvalue weighted by Gasteiger charge is -2.10. The number of benzene rings is 2. The van der Waals surface area contributed by atoms with Gasteiger partial charge >= 0.3 is 5.97 Å². The minimum absolute atomic E-state index is 0.000164. The summed E-state index contributed by atoms with van der Waals surface area (Å²) in [6.45, 7) is 5.35. The molecule has 0 atom stereocenters. The van der Waals surface area contributed by atoms with Crippen LogP contribution in [-0.2, 0) is 16.1 Å². The smallest absolute Gasteiger partial charge is 0.325 e. The molecule has 3 aromatic rings. The molecule has 9 heteroatoms. The fourth-order valence-corrected chi connectivity index (χ4v) is 2.73. The largest absolute Gasteiger partial charge is 0.456 e. The van der Waals surface area contributed by atoms with Gasteiger partial charge in [0, 0.05) is 11.3 Å². The number of hydrogen-bond acceptors (Lipinski definition) is 8. The highest BCUT2D eigenvalue weighted by Gasteiger charge is 2.12. The molecule has 31 heavy (non-hydrogen) atoms. The van der Waals surface area contributed by atoms with Gasteiger partial charge in [-0.05, 0) is 55.7 Å². The van der Waals surface area contributed by atoms with E-state index in [1.54, 1.807) is 12.1 Å². The van der Waals surface area contributed by atoms with Gasteiger partial charge in [0.15, 0.2) is 12.4 Å². The Labute approximate surface area is 180 Å². The van der Waals surface area contributed by atoms with Crippen LogP contribution in [0.3, 0.4) is 0 Å². The number of nitrogens with two attached hydrogens (primary N) is 1. The number of nitrogens with zero attached hydrogens (tertiary/aromatic N) is 3. The molecule has 1 amide bonds. The molecular formula is C22H24N6O3. The lowest BCUT2D eigenvalue weighted by Crippen LogP contribution is -2.30. The van der Waals surface area contributed by atoms with E-state index in [-0.39, 0.29) is 36.8 Å². The molecule has 0 aliphatic carbocycles. The number of nitrogen functional groups attached to an aromatic ring is 1. The maximum absolute atomic E-state index is 12.2. The number of carbonyl (C=O) groups excluding carboxylic acids is 2. The molecule has 9 nitrogen and oxygen atoms in total. The van der Waals surface area contributed by atoms with Gasteiger partial charge in [0.1, 0.15) is 6.54 Å². The van der Waals surface area contributed by atoms with E-state index >= 15 is 0 Å². The van der Waals surface area contributed by atoms with Crippen LogP contribution in [0.4, 0.5) is 17.6 Å². The van der Waals surface area contributed by atoms with Crippen LogP contribution >= 0.6 is 0 Å². The molecule has 0 aliphatic rings. The molecule has 0 saturated carbocycles. The predicted octanol–water partition coefficient (Wildman–Crippen LogP) is 2.60. The molecule has 1 heterocycles. The fraction of sp³-hybridized carbons (Fsp3) is 0.227. The summed E-state index contributed by atoms with van der Waals surface area (Å²) in [7, 11) is 0. The van der Waals surface area contributed by atoms with E-state index in [9.17, 15) is 9.59 Å². The van der Waals surface area contributed by atoms with E-state index in [2.05, 4.69) is 25.6 Å². The number of hydrogen-bond donors (Lipinski definition) is 3. The van der Waals surface area contributed by atoms with Crippen molar-refractivity contribution in [3.8, 4) is 0 Å². The molecule has 0 bridgehead atoms. The topological polar surface area (TPSA) is 132 Å². The van der Waals surface area contributed by atoms with Gasteiger partial charge in [-0.25, -0.2) is 0 Å². The number of carbonyl (C=O) groups is 2. The summed E-state index contributed by atoms with van der Waals surface area (Å²) in [6, 6.07) is 13.0. The maximum Gasteiger partial charge on any atom is 0.325 e. The number of rotatable bonds is 7. The van der Waals surface area contributed by atoms with Crippen LogP contribution in [0.2, 0.25) is 0 Å². The van der Waals surface area contributed by atoms with E-state index in [1.165, 1.54) is 0 Å². The molecule has 0 spiro atoms. The van der Waals surface area contributed by atoms with E-state index < -0.39 is 5.97 Å². The van der Waals surface area contributed by atoms with Crippen LogP contribution in [-0.4, -0.2) is 33.4 Å². The zero-order valence-electron chi connectivity index (χ0n) is 17.6. The van der Waals surface area contributed by atoms with Gasteiger partial charge < -0.3 is 21.1 Å². The second kappa shape index (κ2) is 9.66. The lowest BCUT2D eigenvalue weighted by molar-refractivity contribution is -0.143. The standard InChI is InChI=1S/C22H24N6O3/c1-13-8-9-16(10-15(13)3)20(30)24-11-19(29)31-12-18-26-21(23)28-22(27-18)25-17-7-5-4-6-14(17)2/h4-10H,11-12H2,1-3H3,(H,24,30)(H3,23,25,26,27,28). The number of esters is 1. The minimum Gasteiger partial charge on any atom is -0.456 e. The zero-order chi connectivity index (χ0) is 22.4. The molecule has 0 unspecified atom stereocenters. The third-order valence-electron chi connectivity index (χ3n) is 4.62. The molecular weight excluding hydrogens is 396 g/mol. The van der Waals surface area contributed by atoms with Gasteiger partial charge in [-0.3, -0.25) is 9.59 Å². The zero-order valence-corrected chi connectivity index (χ0v) is 17.6. The van der Waals surface area contributed by atoms with Crippen molar-refractivity contribution < 1.29 is 14.3 Å². The van der Waals surface area contributed by atoms with Crippen molar-refractivity contribution in [2.75, 3.05) is 17.6 Å². The summed E-state index contributed by atoms with van der Waals surface area (Å²) in [5.41, 5.74) is 10.1. The van der Waals surface area contributed by atoms with Gasteiger partial charge in [0.05, 0.1) is 0 Å². The van der Waals surface area contributed by atoms with Gasteiger partial charge in [0.2, 0.25) is 11.9 Å². The number of aryl methyl sites for hydroxylation is 3. The van der Waals surface area contributed by atoms with Crippen molar-refractivity contribution in [3.63, 3.8) is 0 Å². The maximum atomic E-state index is 12.2. The SMILES string of the molecule is Cc1ccc(C(=O)NCC(=O)OCc2nc(N)nc(Nc3ccccc3C)n2)cc1C. The van der Waals surface area contributed by atoms with E-state index in [1.807, 2.05) is 51.1 Å². The molecule has 2 aromatic carbocycles. The van der Waals surface area contributed by atoms with Crippen LogP contribution < -0.4 is 16.4 Å². The Bertz CT molecular complexity index is 1120. The minimum atomic E-state index is -0.621. The first-order chi connectivity index (χ1) is 14.8. The number of anilines is 3. The summed E-state index contributed by atoms with van der Waals surface area (Å²) in [5, 5.41) is 5.61. The molecule has 0 fully saturated rings. The van der Waals surface area contributed by atoms with Crippen molar-refractivity contribution >= 4 is 29.5 Å². The van der Waals surface area contributed by atoms with Crippen LogP contribution in [0.15, 0.2) is 42.5 Å². The van der Waals surface area contributed by atoms with Crippen LogP contribution in [0.5, 0.6) is 0 Å². The summed E-state index contributed by atoms with van der Waals surface area (Å²) in [5.74, 6) is -0.535. The number of para-hydroxylation sites is 1. The average Bonchev–Trinajstić information content (AvgIpc) is 2.74. The second-order valence-electron chi connectivity index (χ2n) is 7.02. The molecule has 0 saturated heterocycles. The first-order valence-electron chi connectivity index (χ1n) is 9.66.